The number of unbranched alkanes of at least 4 members (excludes halogenated alkanes) is 8. The zero-order chi connectivity index (χ0) is 103. The second-order valence-electron chi connectivity index (χ2n) is 39.4. The van der Waals surface area contributed by atoms with Crippen molar-refractivity contribution in [2.24, 2.45) is 93.3 Å². The van der Waals surface area contributed by atoms with Gasteiger partial charge in [-0.3, -0.25) is 86.9 Å². The lowest BCUT2D eigenvalue weighted by Crippen LogP contribution is -2.61. The van der Waals surface area contributed by atoms with E-state index in [-0.39, 0.29) is 163 Å². The van der Waals surface area contributed by atoms with Gasteiger partial charge in [0.15, 0.2) is 0 Å². The highest BCUT2D eigenvalue weighted by molar-refractivity contribution is 6.00. The van der Waals surface area contributed by atoms with Crippen LogP contribution in [0.15, 0.2) is 0 Å². The number of hydrogen-bond acceptors (Lipinski definition) is 25. The normalized spacial score (nSPS) is 14.6. The Bertz CT molecular complexity index is 3580. The van der Waals surface area contributed by atoms with Gasteiger partial charge in [0, 0.05) is 13.0 Å². The van der Waals surface area contributed by atoms with Crippen molar-refractivity contribution < 1.29 is 81.5 Å². The van der Waals surface area contributed by atoms with Gasteiger partial charge in [-0.1, -0.05) is 117 Å². The van der Waals surface area contributed by atoms with E-state index in [2.05, 4.69) is 90.5 Å². The highest BCUT2D eigenvalue weighted by Gasteiger charge is 2.39. The molecule has 0 aromatic carbocycles. The first-order valence-corrected chi connectivity index (χ1v) is 49.9. The average Bonchev–Trinajstić information content (AvgIpc) is 0.785. The SMILES string of the molecule is CC(C)C[C@H](NC(=O)CNC(=O)[C@H](CCCCN)NC(=O)[C@H](CC(C)C)NC(=O)[C@H](CC(C)C)NC(=O)[C@H](CCCCN)NC(=O)[C@H](CC(C)C)NC(=O)[C@H](CC(C)C)NC(=O)[C@H](CCCCN)NC(=O)[C@H](CCCCN)NC(=O)[C@@H](N)CC(C)C)C(=O)N[C@@H](CC(C)C)C(=O)N[C@@H](CCCCN)C(=O)N[C@@H](CC(C)C)C(=O)N[C@@H](CCCCN)C(=O)NCC(=O)NCCCCCC(=O)NN. The van der Waals surface area contributed by atoms with Crippen LogP contribution < -0.4 is 136 Å². The van der Waals surface area contributed by atoms with E-state index in [1.165, 1.54) is 0 Å². The van der Waals surface area contributed by atoms with Gasteiger partial charge >= 0.3 is 0 Å². The number of amides is 17. The summed E-state index contributed by atoms with van der Waals surface area (Å²) in [7, 11) is 0. The van der Waals surface area contributed by atoms with Crippen LogP contribution in [0.4, 0.5) is 0 Å². The molecule has 0 spiro atoms. The van der Waals surface area contributed by atoms with Gasteiger partial charge in [0.05, 0.1) is 19.1 Å². The maximum absolute atomic E-state index is 14.8. The molecule has 0 unspecified atom stereocenters. The van der Waals surface area contributed by atoms with E-state index in [1.54, 1.807) is 13.8 Å². The first kappa shape index (κ1) is 127. The highest BCUT2D eigenvalue weighted by atomic mass is 16.2. The van der Waals surface area contributed by atoms with Crippen molar-refractivity contribution in [2.45, 2.75) is 388 Å². The fraction of sp³-hybridized carbons (Fsp3) is 0.819. The number of nitrogens with two attached hydrogens (primary N) is 8. The number of hydrogen-bond donors (Lipinski definition) is 25. The van der Waals surface area contributed by atoms with E-state index in [9.17, 15) is 81.5 Å². The first-order valence-electron chi connectivity index (χ1n) is 49.9. The molecule has 0 aliphatic rings. The van der Waals surface area contributed by atoms with Crippen LogP contribution in [0.25, 0.3) is 0 Å². The van der Waals surface area contributed by atoms with E-state index < -0.39 is 192 Å². The van der Waals surface area contributed by atoms with Crippen molar-refractivity contribution in [3.63, 3.8) is 0 Å². The second-order valence-corrected chi connectivity index (χ2v) is 39.4. The summed E-state index contributed by atoms with van der Waals surface area (Å²) in [6.45, 7) is 30.2. The second kappa shape index (κ2) is 72.9. The summed E-state index contributed by atoms with van der Waals surface area (Å²) in [6, 6.07) is -17.0. The molecular formula is C94H181N25O17. The van der Waals surface area contributed by atoms with Crippen LogP contribution in [0.1, 0.15) is 303 Å². The van der Waals surface area contributed by atoms with Crippen molar-refractivity contribution in [1.29, 1.82) is 0 Å². The predicted octanol–water partition coefficient (Wildman–Crippen LogP) is -0.342. The standard InChI is InChI=1S/C94H181N25O17/c1-56(2)46-64(101)81(123)107-67(34-21-27-41-97)84(126)110-68(35-22-28-42-98)85(127)114-76(52-62(13)14)94(136)118-75(51-61(11)12)92(134)112-70(37-24-30-44-100)87(129)115-77(53-63(15)16)93(135)117-73(49-59(7)8)90(132)109-66(33-20-26-40-96)83(125)105-55-80(122)106-71(47-57(3)4)88(130)116-74(50-60(9)10)91(133)111-69(36-23-29-43-99)86(128)113-72(48-58(5)6)89(131)108-65(32-19-25-39-95)82(124)104-54-79(121)103-45-31-17-18-38-78(120)119-102/h56-77H,17-55,95-102H2,1-16H3,(H,103,121)(H,104,124)(H,105,125)(H,106,122)(H,107,123)(H,108,131)(H,109,132)(H,110,126)(H,111,133)(H,112,134)(H,113,128)(H,114,127)(H,115,129)(H,116,130)(H,117,135)(H,118,136)(H,119,120)/t64-,65-,66-,67-,68-,69-,70-,71-,72-,73-,74-,75-,76-,77-/m0/s1. The topological polar surface area (TPSA) is 703 Å². The molecule has 0 fully saturated rings. The molecule has 0 aromatic rings. The molecule has 17 amide bonds. The molecular weight excluding hydrogens is 1750 g/mol. The van der Waals surface area contributed by atoms with E-state index >= 15 is 0 Å². The molecule has 0 saturated heterocycles. The maximum Gasteiger partial charge on any atom is 0.243 e. The summed E-state index contributed by atoms with van der Waals surface area (Å²) in [5, 5.41) is 44.2. The summed E-state index contributed by atoms with van der Waals surface area (Å²) >= 11 is 0. The van der Waals surface area contributed by atoms with Crippen LogP contribution in [-0.4, -0.2) is 244 Å². The number of hydrazine groups is 1. The largest absolute Gasteiger partial charge is 0.355 e. The van der Waals surface area contributed by atoms with Crippen LogP contribution in [0, 0.1) is 47.3 Å². The maximum atomic E-state index is 14.8. The molecule has 33 N–H and O–H groups in total. The lowest BCUT2D eigenvalue weighted by molar-refractivity contribution is -0.136. The van der Waals surface area contributed by atoms with Crippen LogP contribution >= 0.6 is 0 Å². The Labute approximate surface area is 808 Å². The zero-order valence-corrected chi connectivity index (χ0v) is 84.8. The summed E-state index contributed by atoms with van der Waals surface area (Å²) in [6.07, 6.45) is 8.74. The van der Waals surface area contributed by atoms with Gasteiger partial charge in [-0.15, -0.1) is 0 Å². The molecule has 0 aliphatic heterocycles. The Morgan fingerprint density at radius 1 is 0.199 bits per heavy atom. The molecule has 42 nitrogen and oxygen atoms in total. The number of rotatable bonds is 77. The van der Waals surface area contributed by atoms with Gasteiger partial charge in [0.2, 0.25) is 100 Å². The monoisotopic (exact) mass is 1930 g/mol. The lowest BCUT2D eigenvalue weighted by atomic mass is 9.98. The van der Waals surface area contributed by atoms with Crippen molar-refractivity contribution in [2.75, 3.05) is 58.9 Å². The fourth-order valence-corrected chi connectivity index (χ4v) is 15.2. The smallest absolute Gasteiger partial charge is 0.243 e. The first-order chi connectivity index (χ1) is 64.2. The molecule has 0 rings (SSSR count). The Morgan fingerprint density at radius 2 is 0.397 bits per heavy atom. The van der Waals surface area contributed by atoms with Crippen molar-refractivity contribution in [3.8, 4) is 0 Å². The number of carbonyl (C=O) groups is 17. The van der Waals surface area contributed by atoms with Crippen LogP contribution in [0.3, 0.4) is 0 Å². The third-order valence-electron chi connectivity index (χ3n) is 22.4. The minimum Gasteiger partial charge on any atom is -0.355 e. The molecule has 0 aliphatic carbocycles. The van der Waals surface area contributed by atoms with Crippen LogP contribution in [0.5, 0.6) is 0 Å². The van der Waals surface area contributed by atoms with Gasteiger partial charge in [0.1, 0.15) is 78.5 Å². The molecule has 0 heterocycles. The third kappa shape index (κ3) is 57.8. The molecule has 14 atom stereocenters. The quantitative estimate of drug-likeness (QED) is 0.0160. The Hall–Kier alpha value is -9.33. The van der Waals surface area contributed by atoms with E-state index in [0.717, 1.165) is 0 Å². The minimum atomic E-state index is -1.31. The predicted molar refractivity (Wildman–Crippen MR) is 526 cm³/mol. The molecule has 136 heavy (non-hydrogen) atoms. The van der Waals surface area contributed by atoms with E-state index in [1.807, 2.05) is 96.9 Å². The van der Waals surface area contributed by atoms with Crippen LogP contribution in [0.2, 0.25) is 0 Å². The Kier molecular flexibility index (Phi) is 67.9. The van der Waals surface area contributed by atoms with Gasteiger partial charge in [-0.05, 0) is 266 Å². The zero-order valence-electron chi connectivity index (χ0n) is 84.8. The lowest BCUT2D eigenvalue weighted by Gasteiger charge is -2.29. The molecule has 0 saturated carbocycles. The molecule has 42 heteroatoms. The average molecular weight is 1930 g/mol. The van der Waals surface area contributed by atoms with Crippen LogP contribution in [-0.2, 0) is 81.5 Å². The fourth-order valence-electron chi connectivity index (χ4n) is 15.2. The Balaban J connectivity index is 7.08. The van der Waals surface area contributed by atoms with E-state index in [4.69, 9.17) is 46.0 Å². The molecule has 784 valence electrons. The summed E-state index contributed by atoms with van der Waals surface area (Å²) in [5.41, 5.74) is 43.4. The summed E-state index contributed by atoms with van der Waals surface area (Å²) in [4.78, 5) is 240. The van der Waals surface area contributed by atoms with Gasteiger partial charge in [-0.25, -0.2) is 5.84 Å². The highest BCUT2D eigenvalue weighted by Crippen LogP contribution is 2.19. The van der Waals surface area contributed by atoms with Crippen molar-refractivity contribution in [1.82, 2.24) is 90.5 Å². The number of nitrogens with one attached hydrogen (secondary N) is 17. The van der Waals surface area contributed by atoms with Gasteiger partial charge in [0.25, 0.3) is 0 Å². The summed E-state index contributed by atoms with van der Waals surface area (Å²) in [5.74, 6) is -7.88. The van der Waals surface area contributed by atoms with Gasteiger partial charge in [-0.2, -0.15) is 0 Å². The van der Waals surface area contributed by atoms with E-state index in [0.29, 0.717) is 129 Å². The minimum absolute atomic E-state index is 0.0265. The third-order valence-corrected chi connectivity index (χ3v) is 22.4. The van der Waals surface area contributed by atoms with Crippen molar-refractivity contribution >= 4 is 100 Å². The summed E-state index contributed by atoms with van der Waals surface area (Å²) < 4.78 is 0. The van der Waals surface area contributed by atoms with Crippen molar-refractivity contribution in [3.05, 3.63) is 0 Å². The Morgan fingerprint density at radius 3 is 0.618 bits per heavy atom. The number of carbonyl (C=O) groups excluding carboxylic acids is 17. The molecule has 0 aromatic heterocycles. The van der Waals surface area contributed by atoms with Gasteiger partial charge < -0.3 is 125 Å². The molecule has 0 bridgehead atoms. The molecule has 0 radical (unpaired) electrons.